The van der Waals surface area contributed by atoms with Gasteiger partial charge in [0, 0.05) is 73.1 Å². The van der Waals surface area contributed by atoms with Gasteiger partial charge in [-0.05, 0) is 12.8 Å². The Bertz CT molecular complexity index is 1890. The first-order chi connectivity index (χ1) is 26.4. The summed E-state index contributed by atoms with van der Waals surface area (Å²) in [5, 5.41) is 34.7. The summed E-state index contributed by atoms with van der Waals surface area (Å²) in [6, 6.07) is 0. The van der Waals surface area contributed by atoms with Crippen molar-refractivity contribution < 1.29 is 90.4 Å². The number of anilines is 1. The van der Waals surface area contributed by atoms with Gasteiger partial charge in [0.25, 0.3) is 0 Å². The van der Waals surface area contributed by atoms with E-state index >= 15 is 0 Å². The third-order valence-corrected chi connectivity index (χ3v) is 11.8. The van der Waals surface area contributed by atoms with Gasteiger partial charge in [-0.25, -0.2) is 28.6 Å². The Hall–Kier alpha value is -1.97. The van der Waals surface area contributed by atoms with Crippen molar-refractivity contribution in [3.05, 3.63) is 12.7 Å². The number of carbonyl (C=O) groups excluding carboxylic acids is 3. The van der Waals surface area contributed by atoms with Crippen LogP contribution in [0, 0.1) is 5.41 Å². The van der Waals surface area contributed by atoms with Crippen molar-refractivity contribution in [2.45, 2.75) is 76.6 Å². The number of hydrogen-bond donors (Lipinski definition) is 10. The number of hydrogen-bond acceptors (Lipinski definition) is 19. The molecule has 3 rings (SSSR count). The zero-order valence-corrected chi connectivity index (χ0v) is 36.8. The largest absolute Gasteiger partial charge is 0.481 e. The van der Waals surface area contributed by atoms with Crippen LogP contribution in [0.25, 0.3) is 11.2 Å². The van der Waals surface area contributed by atoms with Crippen LogP contribution in [0.3, 0.4) is 0 Å². The van der Waals surface area contributed by atoms with Crippen molar-refractivity contribution in [1.82, 2.24) is 30.2 Å². The Kier molecular flexibility index (Phi) is 20.5. The molecule has 323 valence electrons. The number of amides is 2. The number of aromatic nitrogens is 4. The molecule has 0 spiro atoms. The topological polar surface area (TPSA) is 401 Å². The molecule has 0 saturated carbocycles. The molecule has 58 heavy (non-hydrogen) atoms. The van der Waals surface area contributed by atoms with Crippen molar-refractivity contribution in [2.75, 3.05) is 37.8 Å². The molecule has 1 fully saturated rings. The summed E-state index contributed by atoms with van der Waals surface area (Å²) in [5.74, 6) is -2.21. The Morgan fingerprint density at radius 3 is 2.31 bits per heavy atom. The van der Waals surface area contributed by atoms with Crippen LogP contribution >= 0.6 is 35.2 Å². The molecule has 1 radical (unpaired) electrons. The molecule has 2 aromatic heterocycles. The summed E-state index contributed by atoms with van der Waals surface area (Å²) in [6.45, 7) is 0.319. The molecule has 1 aliphatic heterocycles. The first kappa shape index (κ1) is 52.2. The summed E-state index contributed by atoms with van der Waals surface area (Å²) in [7, 11) is -16.4. The van der Waals surface area contributed by atoms with Crippen LogP contribution in [0.1, 0.15) is 52.2 Å². The van der Waals surface area contributed by atoms with Crippen molar-refractivity contribution in [3.8, 4) is 0 Å². The molecule has 0 bridgehead atoms. The minimum Gasteiger partial charge on any atom is -0.481 e. The standard InChI is InChI=1S/C27H44N7O19P3S.Na/c1-27(2,22(40)25(41)30-8-7-16(35)29-9-10-57-18(38)6-4-3-5-17(36)37)12-50-56(47,48)53-55(45,46)49-11-15-21(52-54(42,43)44)20(39)26(51-15)34-14-33-19-23(28)31-13-32-24(19)34;/h13-15,20-22,26,39-40H,3-12H2,1-2H3,(H,29,35)(H,30,41)(H,36,37)(H,45,46)(H,47,48)(H2,28,31,32)(H2,42,43,44);/t15-,20-,21-,22+,26-;/m1./s1. The fourth-order valence-corrected chi connectivity index (χ4v) is 8.46. The predicted molar refractivity (Wildman–Crippen MR) is 199 cm³/mol. The van der Waals surface area contributed by atoms with E-state index in [1.54, 1.807) is 0 Å². The first-order valence-corrected chi connectivity index (χ1v) is 22.2. The maximum atomic E-state index is 12.7. The fourth-order valence-electron chi connectivity index (χ4n) is 4.91. The molecular weight excluding hydrogens is 874 g/mol. The Balaban J connectivity index is 0.0000116. The molecular formula is C27H44N7NaO19P3S. The Labute approximate surface area is 356 Å². The molecule has 3 heterocycles. The number of nitrogen functional groups attached to an aromatic ring is 1. The smallest absolute Gasteiger partial charge is 0.481 e. The molecule has 7 atom stereocenters. The molecule has 31 heteroatoms. The number of carbonyl (C=O) groups is 4. The molecule has 0 aliphatic carbocycles. The number of imidazole rings is 1. The van der Waals surface area contributed by atoms with E-state index in [-0.39, 0.29) is 89.8 Å². The number of nitrogens with two attached hydrogens (primary N) is 1. The van der Waals surface area contributed by atoms with Gasteiger partial charge >= 0.3 is 29.4 Å². The molecule has 1 saturated heterocycles. The number of carboxylic acid groups (broad SMARTS) is 1. The van der Waals surface area contributed by atoms with E-state index in [1.165, 1.54) is 13.8 Å². The third-order valence-electron chi connectivity index (χ3n) is 7.79. The van der Waals surface area contributed by atoms with Crippen LogP contribution in [-0.4, -0.2) is 163 Å². The summed E-state index contributed by atoms with van der Waals surface area (Å²) < 4.78 is 62.0. The predicted octanol–water partition coefficient (Wildman–Crippen LogP) is -1.07. The average Bonchev–Trinajstić information content (AvgIpc) is 3.66. The fraction of sp³-hybridized carbons (Fsp3) is 0.667. The van der Waals surface area contributed by atoms with Crippen LogP contribution in [0.5, 0.6) is 0 Å². The monoisotopic (exact) mass is 918 g/mol. The minimum absolute atomic E-state index is 0. The van der Waals surface area contributed by atoms with Crippen molar-refractivity contribution >= 4 is 105 Å². The van der Waals surface area contributed by atoms with Crippen molar-refractivity contribution in [2.24, 2.45) is 5.41 Å². The first-order valence-electron chi connectivity index (χ1n) is 16.7. The molecule has 2 aromatic rings. The van der Waals surface area contributed by atoms with Gasteiger partial charge in [0.1, 0.15) is 36.3 Å². The van der Waals surface area contributed by atoms with E-state index in [1.807, 2.05) is 0 Å². The van der Waals surface area contributed by atoms with Crippen molar-refractivity contribution in [1.29, 1.82) is 0 Å². The van der Waals surface area contributed by atoms with E-state index < -0.39 is 90.5 Å². The zero-order chi connectivity index (χ0) is 42.8. The number of fused-ring (bicyclic) bond motifs is 1. The third kappa shape index (κ3) is 16.8. The second-order valence-corrected chi connectivity index (χ2v) is 18.3. The normalized spacial score (nSPS) is 21.0. The van der Waals surface area contributed by atoms with Gasteiger partial charge in [-0.3, -0.25) is 37.3 Å². The minimum atomic E-state index is -5.58. The number of nitrogens with zero attached hydrogens (tertiary/aromatic N) is 4. The number of thioether (sulfide) groups is 1. The van der Waals surface area contributed by atoms with Crippen molar-refractivity contribution in [3.63, 3.8) is 0 Å². The second-order valence-electron chi connectivity index (χ2n) is 12.9. The maximum absolute atomic E-state index is 12.7. The molecule has 26 nitrogen and oxygen atoms in total. The Morgan fingerprint density at radius 1 is 1.00 bits per heavy atom. The number of carboxylic acids is 1. The van der Waals surface area contributed by atoms with E-state index in [2.05, 4.69) is 34.4 Å². The summed E-state index contributed by atoms with van der Waals surface area (Å²) >= 11 is 0.982. The zero-order valence-electron chi connectivity index (χ0n) is 31.3. The van der Waals surface area contributed by atoms with E-state index in [9.17, 15) is 62.7 Å². The Morgan fingerprint density at radius 2 is 1.66 bits per heavy atom. The van der Waals surface area contributed by atoms with Gasteiger partial charge in [-0.15, -0.1) is 0 Å². The van der Waals surface area contributed by atoms with Gasteiger partial charge in [0.2, 0.25) is 11.8 Å². The van der Waals surface area contributed by atoms with Gasteiger partial charge in [-0.1, -0.05) is 25.6 Å². The number of aliphatic hydroxyl groups excluding tert-OH is 2. The molecule has 0 aromatic carbocycles. The second kappa shape index (κ2) is 22.8. The number of aliphatic carboxylic acids is 1. The van der Waals surface area contributed by atoms with Crippen LogP contribution in [0.15, 0.2) is 12.7 Å². The maximum Gasteiger partial charge on any atom is 0.481 e. The number of rotatable bonds is 24. The number of aliphatic hydroxyl groups is 2. The molecule has 2 amide bonds. The SMILES string of the molecule is CC(C)(COP(=O)(O)OP(=O)(O)OC[C@H]1O[C@@H](n2cnc3c(N)ncnc32)[C@H](O)[C@@H]1OP(=O)(O)O)[C@@H](O)C(=O)NCCC(=O)NCCSC(=O)CCCCC(=O)O.[Na]. The molecule has 11 N–H and O–H groups in total. The summed E-state index contributed by atoms with van der Waals surface area (Å²) in [5.41, 5.74) is 4.21. The average molecular weight is 919 g/mol. The van der Waals surface area contributed by atoms with Gasteiger partial charge in [0.15, 0.2) is 22.8 Å². The number of phosphoric ester groups is 3. The van der Waals surface area contributed by atoms with E-state index in [0.29, 0.717) is 12.8 Å². The molecule has 1 aliphatic rings. The van der Waals surface area contributed by atoms with Crippen LogP contribution in [0.4, 0.5) is 5.82 Å². The number of phosphoric acid groups is 3. The number of nitrogens with one attached hydrogen (secondary N) is 2. The van der Waals surface area contributed by atoms with Crippen LogP contribution in [0.2, 0.25) is 0 Å². The van der Waals surface area contributed by atoms with Gasteiger partial charge in [-0.2, -0.15) is 4.31 Å². The van der Waals surface area contributed by atoms with E-state index in [4.69, 9.17) is 24.6 Å². The number of ether oxygens (including phenoxy) is 1. The van der Waals surface area contributed by atoms with Crippen LogP contribution < -0.4 is 16.4 Å². The van der Waals surface area contributed by atoms with E-state index in [0.717, 1.165) is 29.0 Å². The molecule has 2 unspecified atom stereocenters. The quantitative estimate of drug-likeness (QED) is 0.0340. The van der Waals surface area contributed by atoms with Crippen LogP contribution in [-0.2, 0) is 55.5 Å². The number of unbranched alkanes of at least 4 members (excludes halogenated alkanes) is 1. The summed E-state index contributed by atoms with van der Waals surface area (Å²) in [6.07, 6.45) is -6.06. The van der Waals surface area contributed by atoms with Gasteiger partial charge < -0.3 is 56.0 Å². The van der Waals surface area contributed by atoms with Gasteiger partial charge in [0.05, 0.1) is 19.5 Å². The summed E-state index contributed by atoms with van der Waals surface area (Å²) in [4.78, 5) is 97.8.